The van der Waals surface area contributed by atoms with Gasteiger partial charge in [-0.3, -0.25) is 4.79 Å². The number of nitrogens with one attached hydrogen (secondary N) is 1. The number of rotatable bonds is 5. The standard InChI is InChI=1S/C12H21N3O/c1-4-9(2)11(13)12(16)14-8-10-6-5-7-15(10)3/h5-7,9,11H,4,8,13H2,1-3H3,(H,14,16)/t9?,11-/m0/s1. The van der Waals surface area contributed by atoms with E-state index in [2.05, 4.69) is 5.32 Å². The van der Waals surface area contributed by atoms with Gasteiger partial charge in [0.05, 0.1) is 12.6 Å². The van der Waals surface area contributed by atoms with Crippen LogP contribution in [-0.2, 0) is 18.4 Å². The van der Waals surface area contributed by atoms with E-state index in [0.717, 1.165) is 12.1 Å². The fourth-order valence-electron chi connectivity index (χ4n) is 1.49. The first-order valence-corrected chi connectivity index (χ1v) is 5.69. The highest BCUT2D eigenvalue weighted by atomic mass is 16.2. The monoisotopic (exact) mass is 223 g/mol. The maximum atomic E-state index is 11.7. The highest BCUT2D eigenvalue weighted by molar-refractivity contribution is 5.81. The first kappa shape index (κ1) is 12.8. The molecule has 0 aromatic carbocycles. The van der Waals surface area contributed by atoms with Crippen LogP contribution < -0.4 is 11.1 Å². The minimum atomic E-state index is -0.412. The summed E-state index contributed by atoms with van der Waals surface area (Å²) in [5, 5.41) is 2.86. The van der Waals surface area contributed by atoms with Crippen molar-refractivity contribution in [2.75, 3.05) is 0 Å². The third-order valence-electron chi connectivity index (χ3n) is 3.05. The Kier molecular flexibility index (Phi) is 4.55. The average Bonchev–Trinajstić information content (AvgIpc) is 2.69. The van der Waals surface area contributed by atoms with E-state index in [-0.39, 0.29) is 11.8 Å². The number of hydrogen-bond acceptors (Lipinski definition) is 2. The molecule has 1 unspecified atom stereocenters. The van der Waals surface area contributed by atoms with Crippen molar-refractivity contribution < 1.29 is 4.79 Å². The lowest BCUT2D eigenvalue weighted by Crippen LogP contribution is -2.44. The Morgan fingerprint density at radius 3 is 2.81 bits per heavy atom. The molecule has 4 heteroatoms. The molecule has 0 saturated carbocycles. The molecular formula is C12H21N3O. The number of nitrogens with two attached hydrogens (primary N) is 1. The van der Waals surface area contributed by atoms with E-state index in [4.69, 9.17) is 5.73 Å². The van der Waals surface area contributed by atoms with Crippen LogP contribution in [-0.4, -0.2) is 16.5 Å². The van der Waals surface area contributed by atoms with Crippen molar-refractivity contribution in [1.82, 2.24) is 9.88 Å². The summed E-state index contributed by atoms with van der Waals surface area (Å²) in [5.41, 5.74) is 6.90. The molecular weight excluding hydrogens is 202 g/mol. The SMILES string of the molecule is CCC(C)[C@H](N)C(=O)NCc1cccn1C. The molecule has 1 heterocycles. The zero-order valence-corrected chi connectivity index (χ0v) is 10.2. The van der Waals surface area contributed by atoms with Gasteiger partial charge < -0.3 is 15.6 Å². The topological polar surface area (TPSA) is 60.1 Å². The van der Waals surface area contributed by atoms with Gasteiger partial charge in [0.1, 0.15) is 0 Å². The van der Waals surface area contributed by atoms with Crippen LogP contribution in [0.15, 0.2) is 18.3 Å². The van der Waals surface area contributed by atoms with E-state index in [9.17, 15) is 4.79 Å². The van der Waals surface area contributed by atoms with E-state index >= 15 is 0 Å². The van der Waals surface area contributed by atoms with Crippen molar-refractivity contribution in [2.24, 2.45) is 18.7 Å². The number of carbonyl (C=O) groups excluding carboxylic acids is 1. The van der Waals surface area contributed by atoms with E-state index < -0.39 is 6.04 Å². The first-order valence-electron chi connectivity index (χ1n) is 5.69. The van der Waals surface area contributed by atoms with Gasteiger partial charge in [0.2, 0.25) is 5.91 Å². The lowest BCUT2D eigenvalue weighted by molar-refractivity contribution is -0.123. The molecule has 16 heavy (non-hydrogen) atoms. The maximum Gasteiger partial charge on any atom is 0.237 e. The van der Waals surface area contributed by atoms with Crippen LogP contribution >= 0.6 is 0 Å². The molecule has 0 radical (unpaired) electrons. The van der Waals surface area contributed by atoms with Crippen LogP contribution in [0.1, 0.15) is 26.0 Å². The molecule has 3 N–H and O–H groups in total. The predicted molar refractivity (Wildman–Crippen MR) is 64.7 cm³/mol. The summed E-state index contributed by atoms with van der Waals surface area (Å²) in [4.78, 5) is 11.7. The largest absolute Gasteiger partial charge is 0.353 e. The van der Waals surface area contributed by atoms with Crippen LogP contribution in [0.3, 0.4) is 0 Å². The number of nitrogens with zero attached hydrogens (tertiary/aromatic N) is 1. The fourth-order valence-corrected chi connectivity index (χ4v) is 1.49. The highest BCUT2D eigenvalue weighted by Crippen LogP contribution is 2.05. The number of aromatic nitrogens is 1. The van der Waals surface area contributed by atoms with Crippen molar-refractivity contribution in [3.8, 4) is 0 Å². The van der Waals surface area contributed by atoms with Crippen LogP contribution in [0.4, 0.5) is 0 Å². The Morgan fingerprint density at radius 2 is 2.31 bits per heavy atom. The summed E-state index contributed by atoms with van der Waals surface area (Å²) in [6.45, 7) is 4.56. The molecule has 0 bridgehead atoms. The Hall–Kier alpha value is -1.29. The van der Waals surface area contributed by atoms with Crippen molar-refractivity contribution in [3.63, 3.8) is 0 Å². The summed E-state index contributed by atoms with van der Waals surface area (Å²) in [6.07, 6.45) is 2.87. The van der Waals surface area contributed by atoms with Gasteiger partial charge in [-0.2, -0.15) is 0 Å². The van der Waals surface area contributed by atoms with Crippen molar-refractivity contribution in [3.05, 3.63) is 24.0 Å². The number of amides is 1. The van der Waals surface area contributed by atoms with Gasteiger partial charge in [-0.25, -0.2) is 0 Å². The van der Waals surface area contributed by atoms with E-state index in [1.807, 2.05) is 43.8 Å². The smallest absolute Gasteiger partial charge is 0.237 e. The molecule has 0 aliphatic heterocycles. The molecule has 1 aromatic rings. The van der Waals surface area contributed by atoms with Gasteiger partial charge in [0.15, 0.2) is 0 Å². The predicted octanol–water partition coefficient (Wildman–Crippen LogP) is 1.01. The summed E-state index contributed by atoms with van der Waals surface area (Å²) in [5.74, 6) is 0.143. The third-order valence-corrected chi connectivity index (χ3v) is 3.05. The van der Waals surface area contributed by atoms with Gasteiger partial charge in [-0.15, -0.1) is 0 Å². The minimum Gasteiger partial charge on any atom is -0.353 e. The normalized spacial score (nSPS) is 14.5. The van der Waals surface area contributed by atoms with Crippen LogP contribution in [0.5, 0.6) is 0 Å². The Labute approximate surface area is 96.8 Å². The molecule has 4 nitrogen and oxygen atoms in total. The second-order valence-electron chi connectivity index (χ2n) is 4.24. The first-order chi connectivity index (χ1) is 7.56. The van der Waals surface area contributed by atoms with E-state index in [1.165, 1.54) is 0 Å². The molecule has 1 amide bonds. The van der Waals surface area contributed by atoms with Crippen molar-refractivity contribution in [1.29, 1.82) is 0 Å². The van der Waals surface area contributed by atoms with Crippen LogP contribution in [0.25, 0.3) is 0 Å². The van der Waals surface area contributed by atoms with Gasteiger partial charge in [-0.1, -0.05) is 20.3 Å². The number of aryl methyl sites for hydroxylation is 1. The fraction of sp³-hybridized carbons (Fsp3) is 0.583. The van der Waals surface area contributed by atoms with E-state index in [1.54, 1.807) is 0 Å². The van der Waals surface area contributed by atoms with Gasteiger partial charge in [0, 0.05) is 18.9 Å². The maximum absolute atomic E-state index is 11.7. The lowest BCUT2D eigenvalue weighted by atomic mass is 9.99. The van der Waals surface area contributed by atoms with Gasteiger partial charge in [-0.05, 0) is 18.1 Å². The van der Waals surface area contributed by atoms with Gasteiger partial charge in [0.25, 0.3) is 0 Å². The Bertz CT molecular complexity index is 346. The number of carbonyl (C=O) groups is 1. The molecule has 0 spiro atoms. The quantitative estimate of drug-likeness (QED) is 0.782. The molecule has 90 valence electrons. The van der Waals surface area contributed by atoms with Crippen LogP contribution in [0.2, 0.25) is 0 Å². The highest BCUT2D eigenvalue weighted by Gasteiger charge is 2.18. The number of hydrogen-bond donors (Lipinski definition) is 2. The van der Waals surface area contributed by atoms with Gasteiger partial charge >= 0.3 is 0 Å². The zero-order chi connectivity index (χ0) is 12.1. The molecule has 0 fully saturated rings. The van der Waals surface area contributed by atoms with E-state index in [0.29, 0.717) is 6.54 Å². The summed E-state index contributed by atoms with van der Waals surface area (Å²) in [7, 11) is 1.95. The Morgan fingerprint density at radius 1 is 1.62 bits per heavy atom. The second kappa shape index (κ2) is 5.70. The third kappa shape index (κ3) is 3.10. The molecule has 0 saturated heterocycles. The summed E-state index contributed by atoms with van der Waals surface area (Å²) < 4.78 is 1.98. The average molecular weight is 223 g/mol. The minimum absolute atomic E-state index is 0.0736. The molecule has 0 aliphatic rings. The van der Waals surface area contributed by atoms with Crippen molar-refractivity contribution >= 4 is 5.91 Å². The second-order valence-corrected chi connectivity index (χ2v) is 4.24. The summed E-state index contributed by atoms with van der Waals surface area (Å²) >= 11 is 0. The Balaban J connectivity index is 2.44. The lowest BCUT2D eigenvalue weighted by Gasteiger charge is -2.17. The molecule has 2 atom stereocenters. The molecule has 0 aliphatic carbocycles. The summed E-state index contributed by atoms with van der Waals surface area (Å²) in [6, 6.07) is 3.52. The van der Waals surface area contributed by atoms with Crippen molar-refractivity contribution in [2.45, 2.75) is 32.9 Å². The molecule has 1 aromatic heterocycles. The zero-order valence-electron chi connectivity index (χ0n) is 10.2. The van der Waals surface area contributed by atoms with Crippen LogP contribution in [0, 0.1) is 5.92 Å². The molecule has 1 rings (SSSR count).